The van der Waals surface area contributed by atoms with Crippen LogP contribution in [0.3, 0.4) is 0 Å². The standard InChI is InChI=1S/C20H25NO3/c1-2-21-13-12-20(23,14-16-6-4-3-5-7-16)15-19(21)24-18-10-8-17(22)9-11-18/h3-11,19,22-23H,2,12-15H2,1H3. The van der Waals surface area contributed by atoms with E-state index < -0.39 is 5.60 Å². The Morgan fingerprint density at radius 3 is 2.50 bits per heavy atom. The number of likely N-dealkylation sites (tertiary alicyclic amines) is 1. The van der Waals surface area contributed by atoms with Crippen LogP contribution in [0.15, 0.2) is 54.6 Å². The number of nitrogens with zero attached hydrogens (tertiary/aromatic N) is 1. The maximum absolute atomic E-state index is 11.1. The molecule has 1 heterocycles. The van der Waals surface area contributed by atoms with Gasteiger partial charge in [-0.05, 0) is 42.8 Å². The number of benzene rings is 2. The average molecular weight is 327 g/mol. The van der Waals surface area contributed by atoms with Crippen molar-refractivity contribution in [1.82, 2.24) is 4.90 Å². The molecule has 3 rings (SSSR count). The minimum Gasteiger partial charge on any atom is -0.508 e. The van der Waals surface area contributed by atoms with Crippen molar-refractivity contribution < 1.29 is 14.9 Å². The number of hydrogen-bond acceptors (Lipinski definition) is 4. The minimum absolute atomic E-state index is 0.165. The molecule has 0 spiro atoms. The van der Waals surface area contributed by atoms with Gasteiger partial charge in [0, 0.05) is 19.4 Å². The van der Waals surface area contributed by atoms with Crippen LogP contribution in [0, 0.1) is 0 Å². The predicted molar refractivity (Wildman–Crippen MR) is 94.1 cm³/mol. The topological polar surface area (TPSA) is 52.9 Å². The zero-order valence-electron chi connectivity index (χ0n) is 14.1. The number of piperidine rings is 1. The summed E-state index contributed by atoms with van der Waals surface area (Å²) in [5.74, 6) is 0.930. The van der Waals surface area contributed by atoms with Crippen molar-refractivity contribution in [2.24, 2.45) is 0 Å². The fourth-order valence-electron chi connectivity index (χ4n) is 3.35. The Labute approximate surface area is 143 Å². The maximum atomic E-state index is 11.1. The summed E-state index contributed by atoms with van der Waals surface area (Å²) in [5.41, 5.74) is 0.391. The second-order valence-electron chi connectivity index (χ2n) is 6.54. The normalized spacial score (nSPS) is 24.7. The van der Waals surface area contributed by atoms with Crippen molar-refractivity contribution in [3.05, 3.63) is 60.2 Å². The van der Waals surface area contributed by atoms with Gasteiger partial charge in [-0.3, -0.25) is 4.90 Å². The number of rotatable bonds is 5. The third-order valence-corrected chi connectivity index (χ3v) is 4.72. The molecular formula is C20H25NO3. The summed E-state index contributed by atoms with van der Waals surface area (Å²) in [7, 11) is 0. The molecule has 1 aliphatic heterocycles. The Hall–Kier alpha value is -2.04. The van der Waals surface area contributed by atoms with E-state index in [4.69, 9.17) is 4.74 Å². The first-order valence-corrected chi connectivity index (χ1v) is 8.54. The summed E-state index contributed by atoms with van der Waals surface area (Å²) in [6, 6.07) is 16.9. The lowest BCUT2D eigenvalue weighted by atomic mass is 9.84. The second-order valence-corrected chi connectivity index (χ2v) is 6.54. The molecule has 1 aliphatic rings. The quantitative estimate of drug-likeness (QED) is 0.885. The molecule has 4 nitrogen and oxygen atoms in total. The highest BCUT2D eigenvalue weighted by atomic mass is 16.5. The summed E-state index contributed by atoms with van der Waals surface area (Å²) in [5, 5.41) is 20.5. The van der Waals surface area contributed by atoms with E-state index in [1.54, 1.807) is 24.3 Å². The monoisotopic (exact) mass is 327 g/mol. The Morgan fingerprint density at radius 1 is 1.12 bits per heavy atom. The van der Waals surface area contributed by atoms with Crippen LogP contribution in [0.4, 0.5) is 0 Å². The number of aromatic hydroxyl groups is 1. The van der Waals surface area contributed by atoms with Gasteiger partial charge in [0.1, 0.15) is 11.5 Å². The summed E-state index contributed by atoms with van der Waals surface area (Å²) in [6.45, 7) is 3.79. The van der Waals surface area contributed by atoms with E-state index in [-0.39, 0.29) is 12.0 Å². The molecule has 0 radical (unpaired) electrons. The highest BCUT2D eigenvalue weighted by Gasteiger charge is 2.39. The van der Waals surface area contributed by atoms with Crippen LogP contribution in [0.25, 0.3) is 0 Å². The summed E-state index contributed by atoms with van der Waals surface area (Å²) in [4.78, 5) is 2.24. The highest BCUT2D eigenvalue weighted by molar-refractivity contribution is 5.30. The van der Waals surface area contributed by atoms with Crippen LogP contribution in [-0.2, 0) is 6.42 Å². The van der Waals surface area contributed by atoms with Crippen molar-refractivity contribution in [3.63, 3.8) is 0 Å². The molecule has 0 saturated carbocycles. The molecule has 24 heavy (non-hydrogen) atoms. The van der Waals surface area contributed by atoms with Crippen LogP contribution in [0.5, 0.6) is 11.5 Å². The van der Waals surface area contributed by atoms with E-state index in [1.165, 1.54) is 0 Å². The Morgan fingerprint density at radius 2 is 1.83 bits per heavy atom. The molecule has 2 N–H and O–H groups in total. The smallest absolute Gasteiger partial charge is 0.155 e. The van der Waals surface area contributed by atoms with Crippen LogP contribution >= 0.6 is 0 Å². The van der Waals surface area contributed by atoms with E-state index in [9.17, 15) is 10.2 Å². The van der Waals surface area contributed by atoms with E-state index in [0.717, 1.165) is 25.1 Å². The fourth-order valence-corrected chi connectivity index (χ4v) is 3.35. The first-order chi connectivity index (χ1) is 11.6. The van der Waals surface area contributed by atoms with E-state index in [0.29, 0.717) is 18.6 Å². The molecule has 2 aromatic carbocycles. The van der Waals surface area contributed by atoms with Gasteiger partial charge in [-0.15, -0.1) is 0 Å². The van der Waals surface area contributed by atoms with Crippen LogP contribution < -0.4 is 4.74 Å². The van der Waals surface area contributed by atoms with Gasteiger partial charge in [-0.25, -0.2) is 0 Å². The molecule has 4 heteroatoms. The molecule has 1 saturated heterocycles. The number of aliphatic hydroxyl groups is 1. The number of hydrogen-bond donors (Lipinski definition) is 2. The lowest BCUT2D eigenvalue weighted by molar-refractivity contribution is -0.103. The molecule has 2 atom stereocenters. The van der Waals surface area contributed by atoms with Crippen LogP contribution in [0.1, 0.15) is 25.3 Å². The van der Waals surface area contributed by atoms with Crippen molar-refractivity contribution >= 4 is 0 Å². The van der Waals surface area contributed by atoms with E-state index in [2.05, 4.69) is 24.0 Å². The molecule has 2 unspecified atom stereocenters. The molecule has 2 aromatic rings. The van der Waals surface area contributed by atoms with Crippen molar-refractivity contribution in [3.8, 4) is 11.5 Å². The summed E-state index contributed by atoms with van der Waals surface area (Å²) in [6.07, 6.45) is 1.78. The lowest BCUT2D eigenvalue weighted by Crippen LogP contribution is -2.53. The predicted octanol–water partition coefficient (Wildman–Crippen LogP) is 3.19. The van der Waals surface area contributed by atoms with Gasteiger partial charge < -0.3 is 14.9 Å². The molecular weight excluding hydrogens is 302 g/mol. The number of ether oxygens (including phenoxy) is 1. The summed E-state index contributed by atoms with van der Waals surface area (Å²) >= 11 is 0. The third kappa shape index (κ3) is 4.08. The van der Waals surface area contributed by atoms with E-state index in [1.807, 2.05) is 18.2 Å². The number of phenols is 1. The molecule has 1 fully saturated rings. The van der Waals surface area contributed by atoms with Gasteiger partial charge in [0.25, 0.3) is 0 Å². The highest BCUT2D eigenvalue weighted by Crippen LogP contribution is 2.31. The molecule has 0 aromatic heterocycles. The first kappa shape index (κ1) is 16.8. The van der Waals surface area contributed by atoms with Crippen LogP contribution in [0.2, 0.25) is 0 Å². The van der Waals surface area contributed by atoms with E-state index >= 15 is 0 Å². The van der Waals surface area contributed by atoms with Crippen molar-refractivity contribution in [1.29, 1.82) is 0 Å². The van der Waals surface area contributed by atoms with Gasteiger partial charge in [-0.1, -0.05) is 37.3 Å². The maximum Gasteiger partial charge on any atom is 0.155 e. The van der Waals surface area contributed by atoms with Gasteiger partial charge in [0.15, 0.2) is 6.23 Å². The van der Waals surface area contributed by atoms with Crippen LogP contribution in [-0.4, -0.2) is 40.0 Å². The van der Waals surface area contributed by atoms with Crippen molar-refractivity contribution in [2.75, 3.05) is 13.1 Å². The Balaban J connectivity index is 1.72. The zero-order valence-corrected chi connectivity index (χ0v) is 14.1. The number of phenolic OH excluding ortho intramolecular Hbond substituents is 1. The van der Waals surface area contributed by atoms with Gasteiger partial charge in [0.2, 0.25) is 0 Å². The molecule has 128 valence electrons. The second kappa shape index (κ2) is 7.24. The van der Waals surface area contributed by atoms with Gasteiger partial charge >= 0.3 is 0 Å². The molecule has 0 amide bonds. The largest absolute Gasteiger partial charge is 0.508 e. The summed E-state index contributed by atoms with van der Waals surface area (Å²) < 4.78 is 6.10. The Bertz CT molecular complexity index is 644. The average Bonchev–Trinajstić information content (AvgIpc) is 2.58. The molecule has 0 aliphatic carbocycles. The SMILES string of the molecule is CCN1CCC(O)(Cc2ccccc2)CC1Oc1ccc(O)cc1. The molecule has 0 bridgehead atoms. The minimum atomic E-state index is -0.755. The van der Waals surface area contributed by atoms with Crippen molar-refractivity contribution in [2.45, 2.75) is 38.0 Å². The zero-order chi connectivity index (χ0) is 17.0. The Kier molecular flexibility index (Phi) is 5.07. The van der Waals surface area contributed by atoms with Gasteiger partial charge in [-0.2, -0.15) is 0 Å². The first-order valence-electron chi connectivity index (χ1n) is 8.54. The lowest BCUT2D eigenvalue weighted by Gasteiger charge is -2.43. The fraction of sp³-hybridized carbons (Fsp3) is 0.400. The van der Waals surface area contributed by atoms with Gasteiger partial charge in [0.05, 0.1) is 5.60 Å². The third-order valence-electron chi connectivity index (χ3n) is 4.72.